The van der Waals surface area contributed by atoms with Crippen molar-refractivity contribution in [2.75, 3.05) is 38.1 Å². The first-order valence-corrected chi connectivity index (χ1v) is 9.57. The SMILES string of the molecule is CCC[NH+](CC(=O)Nc1ccccc1C)CC1=C(C(=O)OCC)CNC(=O)N1. The third-order valence-corrected chi connectivity index (χ3v) is 4.44. The molecule has 0 radical (unpaired) electrons. The Morgan fingerprint density at radius 3 is 2.68 bits per heavy atom. The normalized spacial score (nSPS) is 14.8. The number of carbonyl (C=O) groups excluding carboxylic acids is 3. The number of anilines is 1. The number of quaternary nitrogens is 1. The predicted molar refractivity (Wildman–Crippen MR) is 106 cm³/mol. The molecule has 3 amide bonds. The van der Waals surface area contributed by atoms with Crippen molar-refractivity contribution in [3.05, 3.63) is 41.1 Å². The second-order valence-electron chi connectivity index (χ2n) is 6.70. The highest BCUT2D eigenvalue weighted by Crippen LogP contribution is 2.12. The second kappa shape index (κ2) is 10.5. The molecule has 0 fully saturated rings. The molecule has 1 unspecified atom stereocenters. The number of hydrogen-bond donors (Lipinski definition) is 4. The molecular formula is C20H29N4O4+. The number of esters is 1. The Bertz CT molecular complexity index is 760. The summed E-state index contributed by atoms with van der Waals surface area (Å²) in [5, 5.41) is 8.22. The summed E-state index contributed by atoms with van der Waals surface area (Å²) in [6.45, 7) is 7.39. The molecule has 0 aromatic heterocycles. The van der Waals surface area contributed by atoms with Crippen LogP contribution in [0.3, 0.4) is 0 Å². The zero-order valence-corrected chi connectivity index (χ0v) is 16.7. The molecule has 0 saturated carbocycles. The van der Waals surface area contributed by atoms with Crippen LogP contribution in [0.4, 0.5) is 10.5 Å². The smallest absolute Gasteiger partial charge is 0.337 e. The van der Waals surface area contributed by atoms with Gasteiger partial charge in [-0.25, -0.2) is 9.59 Å². The lowest BCUT2D eigenvalue weighted by atomic mass is 10.1. The molecule has 1 aromatic rings. The Morgan fingerprint density at radius 2 is 2.00 bits per heavy atom. The van der Waals surface area contributed by atoms with Gasteiger partial charge < -0.3 is 25.6 Å². The Labute approximate surface area is 165 Å². The van der Waals surface area contributed by atoms with E-state index in [1.54, 1.807) is 6.92 Å². The van der Waals surface area contributed by atoms with Crippen LogP contribution in [0.5, 0.6) is 0 Å². The highest BCUT2D eigenvalue weighted by Gasteiger charge is 2.27. The molecule has 0 bridgehead atoms. The van der Waals surface area contributed by atoms with Crippen LogP contribution in [0.2, 0.25) is 0 Å². The fraction of sp³-hybridized carbons (Fsp3) is 0.450. The fourth-order valence-electron chi connectivity index (χ4n) is 3.07. The summed E-state index contributed by atoms with van der Waals surface area (Å²) in [5.74, 6) is -0.568. The summed E-state index contributed by atoms with van der Waals surface area (Å²) in [4.78, 5) is 37.4. The van der Waals surface area contributed by atoms with Crippen LogP contribution >= 0.6 is 0 Å². The number of ether oxygens (including phenoxy) is 1. The van der Waals surface area contributed by atoms with E-state index in [9.17, 15) is 14.4 Å². The minimum atomic E-state index is -0.454. The van der Waals surface area contributed by atoms with Gasteiger partial charge in [0.2, 0.25) is 0 Å². The monoisotopic (exact) mass is 389 g/mol. The molecule has 1 aliphatic heterocycles. The number of para-hydroxylation sites is 1. The quantitative estimate of drug-likeness (QED) is 0.458. The average molecular weight is 389 g/mol. The van der Waals surface area contributed by atoms with Gasteiger partial charge in [-0.05, 0) is 31.9 Å². The van der Waals surface area contributed by atoms with E-state index in [-0.39, 0.29) is 31.6 Å². The average Bonchev–Trinajstić information content (AvgIpc) is 2.64. The van der Waals surface area contributed by atoms with Crippen LogP contribution in [-0.2, 0) is 14.3 Å². The van der Waals surface area contributed by atoms with Gasteiger partial charge in [0.15, 0.2) is 6.54 Å². The summed E-state index contributed by atoms with van der Waals surface area (Å²) in [7, 11) is 0. The van der Waals surface area contributed by atoms with Gasteiger partial charge in [-0.2, -0.15) is 0 Å². The van der Waals surface area contributed by atoms with Gasteiger partial charge in [0.25, 0.3) is 5.91 Å². The zero-order valence-electron chi connectivity index (χ0n) is 16.7. The van der Waals surface area contributed by atoms with Crippen molar-refractivity contribution in [2.45, 2.75) is 27.2 Å². The van der Waals surface area contributed by atoms with Crippen molar-refractivity contribution in [3.63, 3.8) is 0 Å². The number of nitrogens with one attached hydrogen (secondary N) is 4. The molecule has 152 valence electrons. The van der Waals surface area contributed by atoms with Crippen molar-refractivity contribution in [1.29, 1.82) is 0 Å². The molecular weight excluding hydrogens is 360 g/mol. The van der Waals surface area contributed by atoms with Gasteiger partial charge in [-0.15, -0.1) is 0 Å². The van der Waals surface area contributed by atoms with Gasteiger partial charge in [-0.1, -0.05) is 25.1 Å². The van der Waals surface area contributed by atoms with E-state index < -0.39 is 5.97 Å². The highest BCUT2D eigenvalue weighted by atomic mass is 16.5. The van der Waals surface area contributed by atoms with E-state index >= 15 is 0 Å². The third kappa shape index (κ3) is 6.09. The Balaban J connectivity index is 2.11. The van der Waals surface area contributed by atoms with E-state index in [4.69, 9.17) is 4.74 Å². The third-order valence-electron chi connectivity index (χ3n) is 4.44. The van der Waals surface area contributed by atoms with Crippen molar-refractivity contribution in [2.24, 2.45) is 0 Å². The van der Waals surface area contributed by atoms with Crippen molar-refractivity contribution >= 4 is 23.6 Å². The van der Waals surface area contributed by atoms with Crippen molar-refractivity contribution in [1.82, 2.24) is 10.6 Å². The fourth-order valence-corrected chi connectivity index (χ4v) is 3.07. The van der Waals surface area contributed by atoms with Gasteiger partial charge in [-0.3, -0.25) is 4.79 Å². The van der Waals surface area contributed by atoms with Crippen LogP contribution in [-0.4, -0.2) is 50.7 Å². The van der Waals surface area contributed by atoms with Crippen molar-refractivity contribution in [3.8, 4) is 0 Å². The number of carbonyl (C=O) groups is 3. The highest BCUT2D eigenvalue weighted by molar-refractivity contribution is 5.94. The largest absolute Gasteiger partial charge is 0.463 e. The second-order valence-corrected chi connectivity index (χ2v) is 6.70. The van der Waals surface area contributed by atoms with Gasteiger partial charge in [0.1, 0.15) is 6.54 Å². The topological polar surface area (TPSA) is 101 Å². The molecule has 8 heteroatoms. The number of benzene rings is 1. The predicted octanol–water partition coefficient (Wildman–Crippen LogP) is 0.358. The maximum Gasteiger partial charge on any atom is 0.337 e. The Morgan fingerprint density at radius 1 is 1.25 bits per heavy atom. The number of amides is 3. The van der Waals surface area contributed by atoms with E-state index in [0.717, 1.165) is 29.1 Å². The first-order chi connectivity index (χ1) is 13.4. The molecule has 8 nitrogen and oxygen atoms in total. The molecule has 1 heterocycles. The minimum absolute atomic E-state index is 0.115. The van der Waals surface area contributed by atoms with Gasteiger partial charge in [0.05, 0.1) is 31.0 Å². The minimum Gasteiger partial charge on any atom is -0.463 e. The van der Waals surface area contributed by atoms with Crippen molar-refractivity contribution < 1.29 is 24.0 Å². The lowest BCUT2D eigenvalue weighted by Crippen LogP contribution is -3.13. The maximum absolute atomic E-state index is 12.5. The van der Waals surface area contributed by atoms with Crippen LogP contribution < -0.4 is 20.9 Å². The molecule has 0 spiro atoms. The van der Waals surface area contributed by atoms with Gasteiger partial charge >= 0.3 is 12.0 Å². The Hall–Kier alpha value is -2.87. The van der Waals surface area contributed by atoms with Gasteiger partial charge in [0, 0.05) is 5.69 Å². The zero-order chi connectivity index (χ0) is 20.5. The van der Waals surface area contributed by atoms with Crippen LogP contribution in [0.25, 0.3) is 0 Å². The first kappa shape index (κ1) is 21.4. The maximum atomic E-state index is 12.5. The van der Waals surface area contributed by atoms with E-state index in [1.807, 2.05) is 38.1 Å². The summed E-state index contributed by atoms with van der Waals surface area (Å²) in [5.41, 5.74) is 2.68. The number of aryl methyl sites for hydroxylation is 1. The molecule has 28 heavy (non-hydrogen) atoms. The molecule has 1 aliphatic rings. The van der Waals surface area contributed by atoms with E-state index in [1.165, 1.54) is 0 Å². The van der Waals surface area contributed by atoms with Crippen LogP contribution in [0.15, 0.2) is 35.5 Å². The van der Waals surface area contributed by atoms with Crippen LogP contribution in [0.1, 0.15) is 25.8 Å². The summed E-state index contributed by atoms with van der Waals surface area (Å²) in [6, 6.07) is 7.24. The first-order valence-electron chi connectivity index (χ1n) is 9.57. The molecule has 0 aliphatic carbocycles. The van der Waals surface area contributed by atoms with Crippen LogP contribution in [0, 0.1) is 6.92 Å². The molecule has 0 saturated heterocycles. The lowest BCUT2D eigenvalue weighted by molar-refractivity contribution is -0.887. The van der Waals surface area contributed by atoms with E-state index in [2.05, 4.69) is 16.0 Å². The molecule has 2 rings (SSSR count). The summed E-state index contributed by atoms with van der Waals surface area (Å²) < 4.78 is 5.09. The number of hydrogen-bond acceptors (Lipinski definition) is 4. The standard InChI is InChI=1S/C20H28N4O4/c1-4-10-24(13-18(25)22-16-9-7-6-8-14(16)3)12-17-15(19(26)28-5-2)11-21-20(27)23-17/h6-9H,4-5,10-13H2,1-3H3,(H,22,25)(H2,21,23,27)/p+1. The molecule has 4 N–H and O–H groups in total. The summed E-state index contributed by atoms with van der Waals surface area (Å²) >= 11 is 0. The lowest BCUT2D eigenvalue weighted by Gasteiger charge is -2.25. The number of urea groups is 1. The summed E-state index contributed by atoms with van der Waals surface area (Å²) in [6.07, 6.45) is 0.862. The molecule has 1 atom stereocenters. The molecule has 1 aromatic carbocycles. The number of rotatable bonds is 9. The Kier molecular flexibility index (Phi) is 8.01. The van der Waals surface area contributed by atoms with E-state index in [0.29, 0.717) is 17.8 Å².